The second-order valence-electron chi connectivity index (χ2n) is 3.36. The van der Waals surface area contributed by atoms with E-state index in [0.29, 0.717) is 12.3 Å². The Morgan fingerprint density at radius 1 is 1.31 bits per heavy atom. The summed E-state index contributed by atoms with van der Waals surface area (Å²) in [6.45, 7) is 0.443. The predicted molar refractivity (Wildman–Crippen MR) is 64.2 cm³/mol. The van der Waals surface area contributed by atoms with E-state index in [-0.39, 0.29) is 5.82 Å². The minimum absolute atomic E-state index is 0.273. The lowest BCUT2D eigenvalue weighted by Gasteiger charge is -2.08. The molecule has 2 aromatic rings. The van der Waals surface area contributed by atoms with E-state index in [1.165, 1.54) is 12.1 Å². The van der Waals surface area contributed by atoms with Crippen molar-refractivity contribution >= 4 is 11.3 Å². The van der Waals surface area contributed by atoms with Gasteiger partial charge in [0.15, 0.2) is 0 Å². The van der Waals surface area contributed by atoms with Crippen LogP contribution in [-0.2, 0) is 6.54 Å². The van der Waals surface area contributed by atoms with E-state index in [1.54, 1.807) is 24.5 Å². The maximum absolute atomic E-state index is 13.2. The largest absolute Gasteiger partial charge is 0.496 e. The average Bonchev–Trinajstić information content (AvgIpc) is 2.76. The first-order chi connectivity index (χ1) is 7.76. The molecule has 0 aliphatic carbocycles. The van der Waals surface area contributed by atoms with Crippen LogP contribution in [0.4, 0.5) is 4.39 Å². The van der Waals surface area contributed by atoms with Crippen molar-refractivity contribution in [3.63, 3.8) is 0 Å². The molecule has 0 amide bonds. The van der Waals surface area contributed by atoms with Gasteiger partial charge in [0.2, 0.25) is 0 Å². The summed E-state index contributed by atoms with van der Waals surface area (Å²) in [7, 11) is 1.57. The lowest BCUT2D eigenvalue weighted by molar-refractivity contribution is 0.415. The van der Waals surface area contributed by atoms with Crippen LogP contribution in [0.2, 0.25) is 0 Å². The standard InChI is InChI=1S/C12H12FNOS/c1-15-12-3-2-9(13)4-10(12)11-7-16-6-8(11)5-14/h2-4,6-7H,5,14H2,1H3. The second-order valence-corrected chi connectivity index (χ2v) is 4.10. The van der Waals surface area contributed by atoms with E-state index < -0.39 is 0 Å². The van der Waals surface area contributed by atoms with Gasteiger partial charge in [-0.05, 0) is 34.5 Å². The molecule has 2 N–H and O–H groups in total. The van der Waals surface area contributed by atoms with Crippen molar-refractivity contribution in [2.75, 3.05) is 7.11 Å². The van der Waals surface area contributed by atoms with Crippen LogP contribution in [-0.4, -0.2) is 7.11 Å². The van der Waals surface area contributed by atoms with Gasteiger partial charge in [0.05, 0.1) is 7.11 Å². The number of ether oxygens (including phenoxy) is 1. The van der Waals surface area contributed by atoms with Gasteiger partial charge in [0, 0.05) is 17.7 Å². The molecule has 4 heteroatoms. The van der Waals surface area contributed by atoms with Crippen LogP contribution in [0.25, 0.3) is 11.1 Å². The normalized spacial score (nSPS) is 10.4. The molecule has 0 fully saturated rings. The Morgan fingerprint density at radius 2 is 2.12 bits per heavy atom. The predicted octanol–water partition coefficient (Wildman–Crippen LogP) is 3.02. The van der Waals surface area contributed by atoms with Gasteiger partial charge in [-0.1, -0.05) is 0 Å². The molecule has 2 nitrogen and oxygen atoms in total. The zero-order valence-corrected chi connectivity index (χ0v) is 9.68. The molecule has 0 atom stereocenters. The van der Waals surface area contributed by atoms with E-state index in [2.05, 4.69) is 0 Å². The van der Waals surface area contributed by atoms with Crippen LogP contribution in [0.15, 0.2) is 29.0 Å². The van der Waals surface area contributed by atoms with Crippen LogP contribution in [0.5, 0.6) is 5.75 Å². The Morgan fingerprint density at radius 3 is 2.81 bits per heavy atom. The fourth-order valence-electron chi connectivity index (χ4n) is 1.61. The summed E-state index contributed by atoms with van der Waals surface area (Å²) < 4.78 is 18.4. The van der Waals surface area contributed by atoms with Gasteiger partial charge in [0.1, 0.15) is 11.6 Å². The lowest BCUT2D eigenvalue weighted by atomic mass is 10.0. The topological polar surface area (TPSA) is 35.2 Å². The van der Waals surface area contributed by atoms with Crippen molar-refractivity contribution in [1.29, 1.82) is 0 Å². The van der Waals surface area contributed by atoms with E-state index in [9.17, 15) is 4.39 Å². The minimum atomic E-state index is -0.273. The Balaban J connectivity index is 2.58. The van der Waals surface area contributed by atoms with E-state index in [1.807, 2.05) is 10.8 Å². The fourth-order valence-corrected chi connectivity index (χ4v) is 2.48. The highest BCUT2D eigenvalue weighted by Gasteiger charge is 2.11. The van der Waals surface area contributed by atoms with Gasteiger partial charge < -0.3 is 10.5 Å². The van der Waals surface area contributed by atoms with Gasteiger partial charge in [-0.3, -0.25) is 0 Å². The summed E-state index contributed by atoms with van der Waals surface area (Å²) in [5, 5.41) is 3.93. The second kappa shape index (κ2) is 4.63. The van der Waals surface area contributed by atoms with Gasteiger partial charge in [0.25, 0.3) is 0 Å². The minimum Gasteiger partial charge on any atom is -0.496 e. The van der Waals surface area contributed by atoms with Gasteiger partial charge in [-0.2, -0.15) is 11.3 Å². The molecule has 16 heavy (non-hydrogen) atoms. The molecule has 0 saturated heterocycles. The van der Waals surface area contributed by atoms with Crippen LogP contribution < -0.4 is 10.5 Å². The van der Waals surface area contributed by atoms with Crippen molar-refractivity contribution in [2.24, 2.45) is 5.73 Å². The van der Waals surface area contributed by atoms with E-state index in [4.69, 9.17) is 10.5 Å². The molecule has 1 aromatic heterocycles. The molecule has 1 aromatic carbocycles. The van der Waals surface area contributed by atoms with Crippen molar-refractivity contribution in [1.82, 2.24) is 0 Å². The molecular weight excluding hydrogens is 225 g/mol. The third-order valence-electron chi connectivity index (χ3n) is 2.41. The number of nitrogens with two attached hydrogens (primary N) is 1. The highest BCUT2D eigenvalue weighted by atomic mass is 32.1. The number of halogens is 1. The van der Waals surface area contributed by atoms with Crippen molar-refractivity contribution in [2.45, 2.75) is 6.54 Å². The maximum Gasteiger partial charge on any atom is 0.126 e. The molecule has 0 aliphatic heterocycles. The quantitative estimate of drug-likeness (QED) is 0.890. The molecule has 0 aliphatic rings. The van der Waals surface area contributed by atoms with Crippen molar-refractivity contribution in [3.8, 4) is 16.9 Å². The number of hydrogen-bond donors (Lipinski definition) is 1. The Hall–Kier alpha value is -1.39. The Labute approximate surface area is 97.5 Å². The highest BCUT2D eigenvalue weighted by Crippen LogP contribution is 2.34. The van der Waals surface area contributed by atoms with Crippen molar-refractivity contribution < 1.29 is 9.13 Å². The van der Waals surface area contributed by atoms with Crippen molar-refractivity contribution in [3.05, 3.63) is 40.3 Å². The van der Waals surface area contributed by atoms with E-state index >= 15 is 0 Å². The van der Waals surface area contributed by atoms with Crippen LogP contribution in [0.3, 0.4) is 0 Å². The number of benzene rings is 1. The first-order valence-corrected chi connectivity index (χ1v) is 5.79. The van der Waals surface area contributed by atoms with Gasteiger partial charge in [-0.15, -0.1) is 0 Å². The molecule has 0 bridgehead atoms. The fraction of sp³-hybridized carbons (Fsp3) is 0.167. The van der Waals surface area contributed by atoms with Crippen LogP contribution in [0.1, 0.15) is 5.56 Å². The molecule has 0 spiro atoms. The summed E-state index contributed by atoms with van der Waals surface area (Å²) in [5.74, 6) is 0.388. The molecule has 0 saturated carbocycles. The average molecular weight is 237 g/mol. The lowest BCUT2D eigenvalue weighted by Crippen LogP contribution is -1.97. The van der Waals surface area contributed by atoms with Gasteiger partial charge >= 0.3 is 0 Å². The van der Waals surface area contributed by atoms with Gasteiger partial charge in [-0.25, -0.2) is 4.39 Å². The van der Waals surface area contributed by atoms with Crippen LogP contribution in [0, 0.1) is 5.82 Å². The molecule has 1 heterocycles. The number of methoxy groups -OCH3 is 1. The summed E-state index contributed by atoms with van der Waals surface area (Å²) in [6.07, 6.45) is 0. The Kier molecular flexibility index (Phi) is 3.22. The third-order valence-corrected chi connectivity index (χ3v) is 3.21. The number of thiophene rings is 1. The highest BCUT2D eigenvalue weighted by molar-refractivity contribution is 7.08. The third kappa shape index (κ3) is 1.94. The first-order valence-electron chi connectivity index (χ1n) is 4.85. The molecule has 84 valence electrons. The zero-order chi connectivity index (χ0) is 11.5. The summed E-state index contributed by atoms with van der Waals surface area (Å²) in [4.78, 5) is 0. The molecule has 0 unspecified atom stereocenters. The zero-order valence-electron chi connectivity index (χ0n) is 8.87. The van der Waals surface area contributed by atoms with E-state index in [0.717, 1.165) is 16.7 Å². The number of rotatable bonds is 3. The summed E-state index contributed by atoms with van der Waals surface area (Å²) >= 11 is 1.55. The maximum atomic E-state index is 13.2. The smallest absolute Gasteiger partial charge is 0.126 e. The monoisotopic (exact) mass is 237 g/mol. The summed E-state index contributed by atoms with van der Waals surface area (Å²) in [6, 6.07) is 4.49. The Bertz CT molecular complexity index is 496. The van der Waals surface area contributed by atoms with Crippen LogP contribution >= 0.6 is 11.3 Å². The summed E-state index contributed by atoms with van der Waals surface area (Å²) in [5.41, 5.74) is 8.34. The molecule has 2 rings (SSSR count). The molecule has 0 radical (unpaired) electrons. The number of hydrogen-bond acceptors (Lipinski definition) is 3. The molecular formula is C12H12FNOS. The SMILES string of the molecule is COc1ccc(F)cc1-c1cscc1CN. The first kappa shape index (κ1) is 11.1.